The van der Waals surface area contributed by atoms with E-state index < -0.39 is 36.5 Å². The number of aromatic hydroxyl groups is 1. The van der Waals surface area contributed by atoms with Crippen LogP contribution in [0.4, 0.5) is 0 Å². The summed E-state index contributed by atoms with van der Waals surface area (Å²) in [7, 11) is -7.85. The molecule has 12 nitrogen and oxygen atoms in total. The van der Waals surface area contributed by atoms with Crippen LogP contribution in [0, 0.1) is 0 Å². The molecule has 0 fully saturated rings. The predicted molar refractivity (Wildman–Crippen MR) is 156 cm³/mol. The van der Waals surface area contributed by atoms with Crippen molar-refractivity contribution < 1.29 is 41.7 Å². The molecule has 3 rings (SSSR count). The topological polar surface area (TPSA) is 195 Å². The normalized spacial score (nSPS) is 12.2. The standard InChI is InChI=1S/C28H33N3O9S2/c1-4-5-7-20-8-6-9-23(27(20)41(3,35)36)21-11-10-19(25(16-21)40-39-18(2)32)14-15-30-42(37,38)26-17-22(28(29)31-34)12-13-24(26)33/h6,8-13,16-17,30,33-34H,4-5,7,14-15H2,1-3H3,(H2,29,31). The summed E-state index contributed by atoms with van der Waals surface area (Å²) < 4.78 is 53.8. The third-order valence-electron chi connectivity index (χ3n) is 6.23. The summed E-state index contributed by atoms with van der Waals surface area (Å²) in [6.45, 7) is 3.00. The number of aryl methyl sites for hydroxylation is 1. The molecule has 0 aliphatic heterocycles. The number of unbranched alkanes of at least 4 members (excludes halogenated alkanes) is 1. The number of amidine groups is 1. The highest BCUT2D eigenvalue weighted by Crippen LogP contribution is 2.35. The highest BCUT2D eigenvalue weighted by atomic mass is 32.2. The minimum atomic E-state index is -4.23. The summed E-state index contributed by atoms with van der Waals surface area (Å²) in [5.41, 5.74) is 7.69. The van der Waals surface area contributed by atoms with Gasteiger partial charge in [0.2, 0.25) is 10.0 Å². The van der Waals surface area contributed by atoms with Crippen LogP contribution in [0.2, 0.25) is 0 Å². The van der Waals surface area contributed by atoms with E-state index in [9.17, 15) is 26.7 Å². The molecule has 5 N–H and O–H groups in total. The lowest BCUT2D eigenvalue weighted by Gasteiger charge is -2.16. The molecule has 14 heteroatoms. The molecule has 0 aliphatic rings. The maximum atomic E-state index is 12.9. The van der Waals surface area contributed by atoms with Gasteiger partial charge in [0, 0.05) is 36.4 Å². The van der Waals surface area contributed by atoms with Gasteiger partial charge in [0.25, 0.3) is 0 Å². The van der Waals surface area contributed by atoms with E-state index in [0.717, 1.165) is 38.2 Å². The first-order valence-corrected chi connectivity index (χ1v) is 16.3. The van der Waals surface area contributed by atoms with Crippen molar-refractivity contribution in [2.75, 3.05) is 12.8 Å². The Kier molecular flexibility index (Phi) is 10.5. The fourth-order valence-electron chi connectivity index (χ4n) is 4.27. The number of sulfone groups is 1. The van der Waals surface area contributed by atoms with Crippen molar-refractivity contribution in [2.45, 2.75) is 49.3 Å². The molecule has 0 spiro atoms. The van der Waals surface area contributed by atoms with Gasteiger partial charge in [-0.25, -0.2) is 26.4 Å². The Balaban J connectivity index is 1.94. The number of nitrogens with two attached hydrogens (primary N) is 1. The number of hydrogen-bond acceptors (Lipinski definition) is 10. The van der Waals surface area contributed by atoms with Crippen molar-refractivity contribution in [2.24, 2.45) is 10.9 Å². The summed E-state index contributed by atoms with van der Waals surface area (Å²) in [6, 6.07) is 13.5. The van der Waals surface area contributed by atoms with Gasteiger partial charge in [0.05, 0.1) is 4.90 Å². The number of hydrogen-bond donors (Lipinski definition) is 4. The van der Waals surface area contributed by atoms with Crippen LogP contribution >= 0.6 is 0 Å². The number of sulfonamides is 1. The van der Waals surface area contributed by atoms with E-state index in [1.165, 1.54) is 12.1 Å². The number of rotatable bonds is 13. The van der Waals surface area contributed by atoms with Gasteiger partial charge >= 0.3 is 5.97 Å². The van der Waals surface area contributed by atoms with Crippen LogP contribution in [0.25, 0.3) is 11.1 Å². The molecule has 0 unspecified atom stereocenters. The Bertz CT molecular complexity index is 1700. The molecule has 0 heterocycles. The zero-order valence-electron chi connectivity index (χ0n) is 23.3. The summed E-state index contributed by atoms with van der Waals surface area (Å²) in [6.07, 6.45) is 3.50. The Hall–Kier alpha value is -4.14. The van der Waals surface area contributed by atoms with E-state index >= 15 is 0 Å². The summed E-state index contributed by atoms with van der Waals surface area (Å²) in [5.74, 6) is -1.53. The second-order valence-corrected chi connectivity index (χ2v) is 13.2. The van der Waals surface area contributed by atoms with Crippen LogP contribution in [-0.4, -0.2) is 51.8 Å². The largest absolute Gasteiger partial charge is 0.507 e. The van der Waals surface area contributed by atoms with Crippen molar-refractivity contribution in [3.63, 3.8) is 0 Å². The number of nitrogens with one attached hydrogen (secondary N) is 1. The van der Waals surface area contributed by atoms with Crippen molar-refractivity contribution >= 4 is 31.7 Å². The molecule has 0 atom stereocenters. The van der Waals surface area contributed by atoms with Crippen LogP contribution in [0.1, 0.15) is 43.4 Å². The molecule has 0 saturated heterocycles. The van der Waals surface area contributed by atoms with E-state index in [0.29, 0.717) is 28.7 Å². The number of benzene rings is 3. The van der Waals surface area contributed by atoms with Crippen LogP contribution in [0.5, 0.6) is 11.5 Å². The number of carbonyl (C=O) groups is 1. The molecule has 0 radical (unpaired) electrons. The van der Waals surface area contributed by atoms with Gasteiger partial charge in [-0.1, -0.05) is 48.8 Å². The Morgan fingerprint density at radius 3 is 2.40 bits per heavy atom. The summed E-state index contributed by atoms with van der Waals surface area (Å²) in [5, 5.41) is 21.8. The van der Waals surface area contributed by atoms with Crippen molar-refractivity contribution in [1.82, 2.24) is 4.72 Å². The van der Waals surface area contributed by atoms with Crippen molar-refractivity contribution in [1.29, 1.82) is 0 Å². The van der Waals surface area contributed by atoms with Gasteiger partial charge in [-0.2, -0.15) is 0 Å². The molecule has 0 aliphatic carbocycles. The maximum Gasteiger partial charge on any atom is 0.352 e. The average molecular weight is 620 g/mol. The zero-order valence-corrected chi connectivity index (χ0v) is 25.0. The first-order chi connectivity index (χ1) is 19.8. The summed E-state index contributed by atoms with van der Waals surface area (Å²) >= 11 is 0. The second-order valence-electron chi connectivity index (χ2n) is 9.47. The Labute approximate surface area is 244 Å². The lowest BCUT2D eigenvalue weighted by molar-refractivity contribution is -0.211. The van der Waals surface area contributed by atoms with Gasteiger partial charge in [-0.05, 0) is 54.7 Å². The van der Waals surface area contributed by atoms with Gasteiger partial charge in [-0.15, -0.1) is 0 Å². The predicted octanol–water partition coefficient (Wildman–Crippen LogP) is 3.28. The smallest absolute Gasteiger partial charge is 0.352 e. The first kappa shape index (κ1) is 32.4. The Morgan fingerprint density at radius 1 is 1.02 bits per heavy atom. The molecule has 0 amide bonds. The second kappa shape index (κ2) is 13.7. The summed E-state index contributed by atoms with van der Waals surface area (Å²) in [4.78, 5) is 21.2. The number of phenols is 1. The van der Waals surface area contributed by atoms with E-state index in [-0.39, 0.29) is 35.0 Å². The molecule has 3 aromatic carbocycles. The van der Waals surface area contributed by atoms with Crippen LogP contribution < -0.4 is 15.3 Å². The number of phenolic OH excluding ortho intramolecular Hbond substituents is 1. The highest BCUT2D eigenvalue weighted by molar-refractivity contribution is 7.91. The van der Waals surface area contributed by atoms with E-state index in [1.807, 2.05) is 6.92 Å². The maximum absolute atomic E-state index is 12.9. The highest BCUT2D eigenvalue weighted by Gasteiger charge is 2.22. The average Bonchev–Trinajstić information content (AvgIpc) is 2.94. The molecule has 42 heavy (non-hydrogen) atoms. The van der Waals surface area contributed by atoms with Crippen molar-refractivity contribution in [3.05, 3.63) is 71.3 Å². The fraction of sp³-hybridized carbons (Fsp3) is 0.286. The molecule has 0 bridgehead atoms. The lowest BCUT2D eigenvalue weighted by atomic mass is 9.98. The van der Waals surface area contributed by atoms with E-state index in [1.54, 1.807) is 30.3 Å². The van der Waals surface area contributed by atoms with E-state index in [4.69, 9.17) is 20.7 Å². The molecule has 3 aromatic rings. The lowest BCUT2D eigenvalue weighted by Crippen LogP contribution is -2.26. The minimum absolute atomic E-state index is 0.0618. The monoisotopic (exact) mass is 619 g/mol. The molecule has 0 aromatic heterocycles. The molecule has 226 valence electrons. The zero-order chi connectivity index (χ0) is 31.1. The third-order valence-corrected chi connectivity index (χ3v) is 8.95. The van der Waals surface area contributed by atoms with Crippen LogP contribution in [-0.2, 0) is 42.4 Å². The van der Waals surface area contributed by atoms with Crippen LogP contribution in [0.3, 0.4) is 0 Å². The van der Waals surface area contributed by atoms with Gasteiger partial charge in [0.1, 0.15) is 10.6 Å². The number of nitrogens with zero attached hydrogens (tertiary/aromatic N) is 1. The number of oxime groups is 1. The van der Waals surface area contributed by atoms with Gasteiger partial charge in [-0.3, -0.25) is 9.78 Å². The minimum Gasteiger partial charge on any atom is -0.507 e. The first-order valence-electron chi connectivity index (χ1n) is 12.9. The Morgan fingerprint density at radius 2 is 1.76 bits per heavy atom. The quantitative estimate of drug-likeness (QED) is 0.0725. The molecular formula is C28H33N3O9S2. The van der Waals surface area contributed by atoms with E-state index in [2.05, 4.69) is 9.88 Å². The molecular weight excluding hydrogens is 586 g/mol. The number of carbonyl (C=O) groups excluding carboxylic acids is 1. The fourth-order valence-corrected chi connectivity index (χ4v) is 6.65. The van der Waals surface area contributed by atoms with Gasteiger partial charge in [0.15, 0.2) is 21.4 Å². The van der Waals surface area contributed by atoms with Crippen molar-refractivity contribution in [3.8, 4) is 22.6 Å². The third kappa shape index (κ3) is 7.99. The SMILES string of the molecule is CCCCc1cccc(-c2ccc(CCNS(=O)(=O)c3cc(C(N)=NO)ccc3O)c(OOC(C)=O)c2)c1S(C)(=O)=O. The van der Waals surface area contributed by atoms with Gasteiger partial charge < -0.3 is 16.0 Å². The van der Waals surface area contributed by atoms with Crippen LogP contribution in [0.15, 0.2) is 69.5 Å². The molecule has 0 saturated carbocycles.